The van der Waals surface area contributed by atoms with E-state index in [9.17, 15) is 9.59 Å². The first-order chi connectivity index (χ1) is 9.89. The van der Waals surface area contributed by atoms with E-state index in [2.05, 4.69) is 14.9 Å². The van der Waals surface area contributed by atoms with E-state index in [1.165, 1.54) is 0 Å². The number of carbonyl (C=O) groups excluding carboxylic acids is 2. The summed E-state index contributed by atoms with van der Waals surface area (Å²) in [5.41, 5.74) is 0.969. The maximum atomic E-state index is 12.2. The Labute approximate surface area is 127 Å². The summed E-state index contributed by atoms with van der Waals surface area (Å²) in [5, 5.41) is 6.65. The Morgan fingerprint density at radius 2 is 1.86 bits per heavy atom. The molecule has 1 heterocycles. The molecule has 2 aromatic rings. The molecule has 0 fully saturated rings. The second-order valence-corrected chi connectivity index (χ2v) is 6.43. The van der Waals surface area contributed by atoms with Crippen molar-refractivity contribution in [2.45, 2.75) is 26.2 Å². The lowest BCUT2D eigenvalue weighted by Gasteiger charge is -2.16. The lowest BCUT2D eigenvalue weighted by atomic mass is 9.91. The molecule has 0 saturated heterocycles. The normalized spacial score (nSPS) is 11.2. The van der Waals surface area contributed by atoms with Crippen molar-refractivity contribution < 1.29 is 9.59 Å². The van der Waals surface area contributed by atoms with Crippen LogP contribution in [0.15, 0.2) is 30.3 Å². The zero-order chi connectivity index (χ0) is 15.5. The van der Waals surface area contributed by atoms with Gasteiger partial charge in [0, 0.05) is 11.0 Å². The molecule has 0 radical (unpaired) electrons. The Morgan fingerprint density at radius 3 is 2.48 bits per heavy atom. The highest BCUT2D eigenvalue weighted by Gasteiger charge is 2.26. The number of rotatable bonds is 4. The molecule has 5 nitrogen and oxygen atoms in total. The third-order valence-corrected chi connectivity index (χ3v) is 3.63. The average Bonchev–Trinajstić information content (AvgIpc) is 2.95. The summed E-state index contributed by atoms with van der Waals surface area (Å²) in [7, 11) is 0. The fourth-order valence-electron chi connectivity index (χ4n) is 1.80. The van der Waals surface area contributed by atoms with Crippen LogP contribution in [0.5, 0.6) is 0 Å². The van der Waals surface area contributed by atoms with Gasteiger partial charge in [0.25, 0.3) is 5.91 Å². The largest absolute Gasteiger partial charge is 0.344 e. The number of amides is 1. The van der Waals surface area contributed by atoms with Crippen molar-refractivity contribution in [3.63, 3.8) is 0 Å². The van der Waals surface area contributed by atoms with E-state index in [1.54, 1.807) is 24.3 Å². The van der Waals surface area contributed by atoms with Crippen molar-refractivity contribution in [2.24, 2.45) is 0 Å². The predicted octanol–water partition coefficient (Wildman–Crippen LogP) is 2.45. The molecule has 6 heteroatoms. The SMILES string of the molecule is CC(C)(C)c1nnsc1C(=O)NCC(=O)c1ccccc1. The summed E-state index contributed by atoms with van der Waals surface area (Å²) in [5.74, 6) is -0.432. The van der Waals surface area contributed by atoms with Gasteiger partial charge in [-0.15, -0.1) is 5.10 Å². The Morgan fingerprint density at radius 1 is 1.19 bits per heavy atom. The molecule has 0 spiro atoms. The van der Waals surface area contributed by atoms with E-state index < -0.39 is 0 Å². The zero-order valence-electron chi connectivity index (χ0n) is 12.2. The summed E-state index contributed by atoms with van der Waals surface area (Å²) in [6.07, 6.45) is 0. The van der Waals surface area contributed by atoms with Crippen LogP contribution in [0.2, 0.25) is 0 Å². The summed E-state index contributed by atoms with van der Waals surface area (Å²) in [4.78, 5) is 24.6. The van der Waals surface area contributed by atoms with Gasteiger partial charge in [0.1, 0.15) is 4.88 Å². The molecule has 0 aliphatic heterocycles. The smallest absolute Gasteiger partial charge is 0.265 e. The molecule has 1 amide bonds. The van der Waals surface area contributed by atoms with Crippen LogP contribution in [0.1, 0.15) is 46.5 Å². The summed E-state index contributed by atoms with van der Waals surface area (Å²) < 4.78 is 3.84. The number of hydrogen-bond acceptors (Lipinski definition) is 5. The molecule has 0 unspecified atom stereocenters. The van der Waals surface area contributed by atoms with Crippen molar-refractivity contribution in [1.82, 2.24) is 14.9 Å². The molecule has 2 rings (SSSR count). The first-order valence-electron chi connectivity index (χ1n) is 6.59. The minimum atomic E-state index is -0.306. The molecule has 21 heavy (non-hydrogen) atoms. The number of aromatic nitrogens is 2. The summed E-state index contributed by atoms with van der Waals surface area (Å²) in [6.45, 7) is 5.87. The Hall–Kier alpha value is -2.08. The number of hydrogen-bond donors (Lipinski definition) is 1. The minimum absolute atomic E-state index is 0.0374. The van der Waals surface area contributed by atoms with Crippen molar-refractivity contribution in [1.29, 1.82) is 0 Å². The number of nitrogens with zero attached hydrogens (tertiary/aromatic N) is 2. The van der Waals surface area contributed by atoms with Crippen molar-refractivity contribution in [2.75, 3.05) is 6.54 Å². The van der Waals surface area contributed by atoms with Crippen LogP contribution in [0.25, 0.3) is 0 Å². The first-order valence-corrected chi connectivity index (χ1v) is 7.36. The maximum absolute atomic E-state index is 12.2. The van der Waals surface area contributed by atoms with Gasteiger partial charge in [-0.25, -0.2) is 0 Å². The third-order valence-electron chi connectivity index (χ3n) is 2.91. The van der Waals surface area contributed by atoms with Crippen LogP contribution in [0.4, 0.5) is 0 Å². The van der Waals surface area contributed by atoms with E-state index in [0.29, 0.717) is 16.1 Å². The van der Waals surface area contributed by atoms with Gasteiger partial charge in [-0.05, 0) is 11.5 Å². The van der Waals surface area contributed by atoms with Gasteiger partial charge in [0.2, 0.25) is 0 Å². The highest BCUT2D eigenvalue weighted by molar-refractivity contribution is 7.08. The molecule has 0 saturated carbocycles. The second-order valence-electron chi connectivity index (χ2n) is 5.67. The second kappa shape index (κ2) is 6.13. The van der Waals surface area contributed by atoms with E-state index in [0.717, 1.165) is 11.5 Å². The van der Waals surface area contributed by atoms with Crippen LogP contribution < -0.4 is 5.32 Å². The monoisotopic (exact) mass is 303 g/mol. The lowest BCUT2D eigenvalue weighted by molar-refractivity contribution is 0.0905. The lowest BCUT2D eigenvalue weighted by Crippen LogP contribution is -2.30. The van der Waals surface area contributed by atoms with Crippen LogP contribution >= 0.6 is 11.5 Å². The molecule has 0 bridgehead atoms. The van der Waals surface area contributed by atoms with Crippen molar-refractivity contribution >= 4 is 23.2 Å². The molecule has 0 aliphatic rings. The Bertz CT molecular complexity index is 644. The first kappa shape index (κ1) is 15.3. The van der Waals surface area contributed by atoms with Crippen LogP contribution in [0.3, 0.4) is 0 Å². The standard InChI is InChI=1S/C15H17N3O2S/c1-15(2,3)13-12(21-18-17-13)14(20)16-9-11(19)10-7-5-4-6-8-10/h4-8H,9H2,1-3H3,(H,16,20). The van der Waals surface area contributed by atoms with Gasteiger partial charge in [-0.3, -0.25) is 9.59 Å². The molecule has 1 aromatic heterocycles. The van der Waals surface area contributed by atoms with Crippen LogP contribution in [-0.4, -0.2) is 27.8 Å². The average molecular weight is 303 g/mol. The minimum Gasteiger partial charge on any atom is -0.344 e. The summed E-state index contributed by atoms with van der Waals surface area (Å²) in [6, 6.07) is 8.88. The molecule has 110 valence electrons. The number of carbonyl (C=O) groups is 2. The Kier molecular flexibility index (Phi) is 4.47. The molecule has 0 aliphatic carbocycles. The van der Waals surface area contributed by atoms with Gasteiger partial charge in [-0.1, -0.05) is 55.6 Å². The van der Waals surface area contributed by atoms with Crippen molar-refractivity contribution in [3.8, 4) is 0 Å². The zero-order valence-corrected chi connectivity index (χ0v) is 13.0. The highest BCUT2D eigenvalue weighted by Crippen LogP contribution is 2.25. The number of benzene rings is 1. The van der Waals surface area contributed by atoms with E-state index in [-0.39, 0.29) is 23.7 Å². The summed E-state index contributed by atoms with van der Waals surface area (Å²) >= 11 is 1.05. The van der Waals surface area contributed by atoms with E-state index >= 15 is 0 Å². The molecular weight excluding hydrogens is 286 g/mol. The number of ketones is 1. The molecular formula is C15H17N3O2S. The maximum Gasteiger partial charge on any atom is 0.265 e. The van der Waals surface area contributed by atoms with Crippen molar-refractivity contribution in [3.05, 3.63) is 46.5 Å². The number of nitrogens with one attached hydrogen (secondary N) is 1. The van der Waals surface area contributed by atoms with Gasteiger partial charge >= 0.3 is 0 Å². The quantitative estimate of drug-likeness (QED) is 0.881. The topological polar surface area (TPSA) is 72.0 Å². The predicted molar refractivity (Wildman–Crippen MR) is 81.7 cm³/mol. The van der Waals surface area contributed by atoms with E-state index in [4.69, 9.17) is 0 Å². The van der Waals surface area contributed by atoms with Crippen LogP contribution in [0, 0.1) is 0 Å². The number of Topliss-reactive ketones (excluding diaryl/α,β-unsaturated/α-hetero) is 1. The van der Waals surface area contributed by atoms with Gasteiger partial charge < -0.3 is 5.32 Å². The molecule has 1 aromatic carbocycles. The van der Waals surface area contributed by atoms with Crippen LogP contribution in [-0.2, 0) is 5.41 Å². The fourth-order valence-corrected chi connectivity index (χ4v) is 2.59. The third kappa shape index (κ3) is 3.72. The van der Waals surface area contributed by atoms with E-state index in [1.807, 2.05) is 26.8 Å². The molecule has 0 atom stereocenters. The highest BCUT2D eigenvalue weighted by atomic mass is 32.1. The Balaban J connectivity index is 2.03. The van der Waals surface area contributed by atoms with Gasteiger partial charge in [0.15, 0.2) is 5.78 Å². The molecule has 1 N–H and O–H groups in total. The fraction of sp³-hybridized carbons (Fsp3) is 0.333. The van der Waals surface area contributed by atoms with Gasteiger partial charge in [-0.2, -0.15) is 0 Å². The van der Waals surface area contributed by atoms with Gasteiger partial charge in [0.05, 0.1) is 12.2 Å².